The Kier molecular flexibility index (Phi) is 7.25. The Morgan fingerprint density at radius 1 is 0.789 bits per heavy atom. The smallest absolute Gasteiger partial charge is 0.231 e. The number of unbranched alkanes of at least 4 members (excludes halogenated alkanes) is 1. The summed E-state index contributed by atoms with van der Waals surface area (Å²) in [4.78, 5) is 7.40. The molecule has 3 aromatic carbocycles. The second-order valence-corrected chi connectivity index (χ2v) is 10.3. The summed E-state index contributed by atoms with van der Waals surface area (Å²) in [6, 6.07) is 22.8. The highest BCUT2D eigenvalue weighted by molar-refractivity contribution is 9.10. The average Bonchev–Trinajstić information content (AvgIpc) is 3.67. The SMILES string of the molecule is CCCCn1c(-c2ccccc2)nc(Br)c1CN(Cc1ccc2c(c1)OCO2)Cc1ccc2c(c1)OCO2. The number of nitrogens with zero attached hydrogens (tertiary/aromatic N) is 3. The van der Waals surface area contributed by atoms with Crippen molar-refractivity contribution in [2.45, 2.75) is 45.9 Å². The lowest BCUT2D eigenvalue weighted by atomic mass is 10.1. The Hall–Kier alpha value is -3.49. The number of aromatic nitrogens is 2. The molecular formula is C30H30BrN3O4. The molecule has 3 heterocycles. The number of hydrogen-bond acceptors (Lipinski definition) is 6. The molecule has 0 fully saturated rings. The Morgan fingerprint density at radius 3 is 2.00 bits per heavy atom. The van der Waals surface area contributed by atoms with Crippen molar-refractivity contribution in [2.75, 3.05) is 13.6 Å². The van der Waals surface area contributed by atoms with E-state index in [-0.39, 0.29) is 13.6 Å². The molecule has 0 radical (unpaired) electrons. The third kappa shape index (κ3) is 5.24. The van der Waals surface area contributed by atoms with E-state index >= 15 is 0 Å². The van der Waals surface area contributed by atoms with Crippen LogP contribution in [0.4, 0.5) is 0 Å². The zero-order chi connectivity index (χ0) is 25.9. The van der Waals surface area contributed by atoms with E-state index in [2.05, 4.69) is 80.9 Å². The van der Waals surface area contributed by atoms with Crippen molar-refractivity contribution in [1.29, 1.82) is 0 Å². The minimum Gasteiger partial charge on any atom is -0.454 e. The molecule has 0 saturated heterocycles. The zero-order valence-electron chi connectivity index (χ0n) is 21.4. The van der Waals surface area contributed by atoms with E-state index in [9.17, 15) is 0 Å². The predicted molar refractivity (Wildman–Crippen MR) is 148 cm³/mol. The Morgan fingerprint density at radius 2 is 1.39 bits per heavy atom. The van der Waals surface area contributed by atoms with Gasteiger partial charge in [0.1, 0.15) is 10.4 Å². The van der Waals surface area contributed by atoms with Crippen molar-refractivity contribution in [3.8, 4) is 34.4 Å². The molecule has 6 rings (SSSR count). The van der Waals surface area contributed by atoms with Crippen molar-refractivity contribution in [1.82, 2.24) is 14.5 Å². The summed E-state index contributed by atoms with van der Waals surface area (Å²) in [5.74, 6) is 4.18. The van der Waals surface area contributed by atoms with Gasteiger partial charge in [0.05, 0.1) is 5.69 Å². The average molecular weight is 576 g/mol. The van der Waals surface area contributed by atoms with Crippen LogP contribution in [0, 0.1) is 0 Å². The van der Waals surface area contributed by atoms with Crippen LogP contribution >= 0.6 is 15.9 Å². The molecule has 0 aliphatic carbocycles. The van der Waals surface area contributed by atoms with Gasteiger partial charge in [-0.2, -0.15) is 0 Å². The van der Waals surface area contributed by atoms with E-state index in [1.807, 2.05) is 18.2 Å². The number of benzene rings is 3. The number of imidazole rings is 1. The number of halogens is 1. The molecule has 0 atom stereocenters. The summed E-state index contributed by atoms with van der Waals surface area (Å²) in [5.41, 5.74) is 4.61. The molecule has 8 heteroatoms. The van der Waals surface area contributed by atoms with Gasteiger partial charge < -0.3 is 23.5 Å². The molecule has 0 saturated carbocycles. The number of ether oxygens (including phenoxy) is 4. The Labute approximate surface area is 231 Å². The van der Waals surface area contributed by atoms with E-state index in [4.69, 9.17) is 23.9 Å². The highest BCUT2D eigenvalue weighted by atomic mass is 79.9. The Balaban J connectivity index is 1.34. The van der Waals surface area contributed by atoms with Gasteiger partial charge in [-0.25, -0.2) is 4.98 Å². The van der Waals surface area contributed by atoms with Crippen LogP contribution in [-0.4, -0.2) is 28.0 Å². The fourth-order valence-corrected chi connectivity index (χ4v) is 5.45. The fraction of sp³-hybridized carbons (Fsp3) is 0.300. The van der Waals surface area contributed by atoms with Crippen molar-refractivity contribution < 1.29 is 18.9 Å². The molecule has 2 aliphatic rings. The molecule has 2 aliphatic heterocycles. The van der Waals surface area contributed by atoms with Gasteiger partial charge in [-0.1, -0.05) is 55.8 Å². The molecule has 196 valence electrons. The van der Waals surface area contributed by atoms with Gasteiger partial charge in [0.2, 0.25) is 13.6 Å². The summed E-state index contributed by atoms with van der Waals surface area (Å²) >= 11 is 3.81. The molecule has 0 bridgehead atoms. The first-order valence-corrected chi connectivity index (χ1v) is 13.8. The molecule has 4 aromatic rings. The predicted octanol–water partition coefficient (Wildman–Crippen LogP) is 6.77. The minimum atomic E-state index is 0.269. The molecular weight excluding hydrogens is 546 g/mol. The summed E-state index contributed by atoms with van der Waals surface area (Å²) in [6.07, 6.45) is 2.20. The molecule has 0 spiro atoms. The fourth-order valence-electron chi connectivity index (χ4n) is 4.95. The van der Waals surface area contributed by atoms with Gasteiger partial charge in [0.15, 0.2) is 23.0 Å². The van der Waals surface area contributed by atoms with Gasteiger partial charge >= 0.3 is 0 Å². The first kappa shape index (κ1) is 24.8. The standard InChI is InChI=1S/C30H30BrN3O4/c1-2-3-13-34-24(29(31)32-30(34)23-7-5-4-6-8-23)18-33(16-21-9-11-25-27(14-21)37-19-35-25)17-22-10-12-26-28(15-22)38-20-36-26/h4-12,14-15H,2-3,13,16-20H2,1H3. The van der Waals surface area contributed by atoms with Crippen molar-refractivity contribution in [3.05, 3.63) is 88.2 Å². The highest BCUT2D eigenvalue weighted by Gasteiger charge is 2.22. The van der Waals surface area contributed by atoms with E-state index in [1.54, 1.807) is 0 Å². The lowest BCUT2D eigenvalue weighted by molar-refractivity contribution is 0.173. The molecule has 1 aromatic heterocycles. The third-order valence-electron chi connectivity index (χ3n) is 6.85. The number of fused-ring (bicyclic) bond motifs is 2. The van der Waals surface area contributed by atoms with Gasteiger partial charge in [-0.05, 0) is 57.7 Å². The second-order valence-electron chi connectivity index (χ2n) is 9.56. The van der Waals surface area contributed by atoms with Crippen LogP contribution < -0.4 is 18.9 Å². The van der Waals surface area contributed by atoms with Crippen molar-refractivity contribution >= 4 is 15.9 Å². The van der Waals surface area contributed by atoms with Crippen LogP contribution in [0.5, 0.6) is 23.0 Å². The Bertz CT molecular complexity index is 1360. The minimum absolute atomic E-state index is 0.269. The van der Waals surface area contributed by atoms with Crippen molar-refractivity contribution in [2.24, 2.45) is 0 Å². The van der Waals surface area contributed by atoms with Crippen LogP contribution in [0.3, 0.4) is 0 Å². The van der Waals surface area contributed by atoms with Crippen LogP contribution in [0.25, 0.3) is 11.4 Å². The van der Waals surface area contributed by atoms with Gasteiger partial charge in [0, 0.05) is 31.7 Å². The van der Waals surface area contributed by atoms with Crippen LogP contribution in [0.1, 0.15) is 36.6 Å². The molecule has 0 unspecified atom stereocenters. The maximum atomic E-state index is 5.65. The molecule has 0 N–H and O–H groups in total. The topological polar surface area (TPSA) is 58.0 Å². The van der Waals surface area contributed by atoms with Crippen molar-refractivity contribution in [3.63, 3.8) is 0 Å². The monoisotopic (exact) mass is 575 g/mol. The van der Waals surface area contributed by atoms with Crippen LogP contribution in [0.15, 0.2) is 71.3 Å². The first-order chi connectivity index (χ1) is 18.7. The van der Waals surface area contributed by atoms with Gasteiger partial charge in [-0.15, -0.1) is 0 Å². The summed E-state index contributed by atoms with van der Waals surface area (Å²) < 4.78 is 25.6. The van der Waals surface area contributed by atoms with Gasteiger partial charge in [-0.3, -0.25) is 4.90 Å². The summed E-state index contributed by atoms with van der Waals surface area (Å²) in [6.45, 7) is 5.86. The largest absolute Gasteiger partial charge is 0.454 e. The lowest BCUT2D eigenvalue weighted by Crippen LogP contribution is -2.24. The maximum Gasteiger partial charge on any atom is 0.231 e. The zero-order valence-corrected chi connectivity index (χ0v) is 22.9. The summed E-state index contributed by atoms with van der Waals surface area (Å²) in [7, 11) is 0. The van der Waals surface area contributed by atoms with E-state index in [0.29, 0.717) is 6.54 Å². The summed E-state index contributed by atoms with van der Waals surface area (Å²) in [5, 5.41) is 0. The van der Waals surface area contributed by atoms with E-state index in [1.165, 1.54) is 5.69 Å². The molecule has 38 heavy (non-hydrogen) atoms. The van der Waals surface area contributed by atoms with E-state index < -0.39 is 0 Å². The number of hydrogen-bond donors (Lipinski definition) is 0. The number of rotatable bonds is 10. The van der Waals surface area contributed by atoms with Crippen LogP contribution in [0.2, 0.25) is 0 Å². The third-order valence-corrected chi connectivity index (χ3v) is 7.49. The van der Waals surface area contributed by atoms with E-state index in [0.717, 1.165) is 82.6 Å². The normalized spacial score (nSPS) is 13.4. The molecule has 0 amide bonds. The molecule has 7 nitrogen and oxygen atoms in total. The second kappa shape index (κ2) is 11.1. The quantitative estimate of drug-likeness (QED) is 0.208. The first-order valence-electron chi connectivity index (χ1n) is 13.0. The maximum absolute atomic E-state index is 5.65. The highest BCUT2D eigenvalue weighted by Crippen LogP contribution is 2.35. The van der Waals surface area contributed by atoms with Crippen LogP contribution in [-0.2, 0) is 26.2 Å². The van der Waals surface area contributed by atoms with Gasteiger partial charge in [0.25, 0.3) is 0 Å². The lowest BCUT2D eigenvalue weighted by Gasteiger charge is -2.24.